The van der Waals surface area contributed by atoms with Gasteiger partial charge in [0.2, 0.25) is 12.7 Å². The van der Waals surface area contributed by atoms with Crippen LogP contribution in [0.15, 0.2) is 67.1 Å². The number of nitrogens with zero attached hydrogens (tertiary/aromatic N) is 4. The molecule has 4 aromatic rings. The maximum Gasteiger partial charge on any atom is 0.253 e. The molecule has 1 aliphatic heterocycles. The van der Waals surface area contributed by atoms with Gasteiger partial charge in [0.05, 0.1) is 11.2 Å². The number of anilines is 3. The lowest BCUT2D eigenvalue weighted by Crippen LogP contribution is -2.49. The van der Waals surface area contributed by atoms with Gasteiger partial charge < -0.3 is 25.4 Å². The molecule has 1 unspecified atom stereocenters. The Morgan fingerprint density at radius 3 is 2.74 bits per heavy atom. The molecule has 35 heavy (non-hydrogen) atoms. The largest absolute Gasteiger partial charge is 0.454 e. The van der Waals surface area contributed by atoms with Crippen LogP contribution < -0.4 is 25.4 Å². The standard InChI is InChI=1S/C24H22ClN7O3/c1-24(16-12-27-32(2)13-16,30-22(33)15-6-4-3-5-7-15)31-23-26-11-10-19(29-23)28-20-17(25)8-9-18-21(20)35-14-34-18/h3-13H,14H2,1-2H3,(H,30,33)(H2,26,28,29,31). The highest BCUT2D eigenvalue weighted by molar-refractivity contribution is 6.33. The van der Waals surface area contributed by atoms with Gasteiger partial charge in [-0.05, 0) is 37.3 Å². The van der Waals surface area contributed by atoms with E-state index in [2.05, 4.69) is 31.0 Å². The highest BCUT2D eigenvalue weighted by atomic mass is 35.5. The maximum atomic E-state index is 13.0. The SMILES string of the molecule is Cn1cc(C(C)(NC(=O)c2ccccc2)Nc2nccc(Nc3c(Cl)ccc4c3OCO4)n2)cn1. The third-order valence-corrected chi connectivity index (χ3v) is 5.76. The van der Waals surface area contributed by atoms with E-state index in [9.17, 15) is 4.79 Å². The van der Waals surface area contributed by atoms with Gasteiger partial charge in [-0.25, -0.2) is 4.98 Å². The summed E-state index contributed by atoms with van der Waals surface area (Å²) in [5.74, 6) is 1.59. The van der Waals surface area contributed by atoms with E-state index in [0.29, 0.717) is 33.6 Å². The Morgan fingerprint density at radius 1 is 1.14 bits per heavy atom. The quantitative estimate of drug-likeness (QED) is 0.332. The van der Waals surface area contributed by atoms with Crippen LogP contribution in [0.3, 0.4) is 0 Å². The van der Waals surface area contributed by atoms with E-state index in [4.69, 9.17) is 21.1 Å². The molecule has 0 fully saturated rings. The van der Waals surface area contributed by atoms with Gasteiger partial charge in [0.25, 0.3) is 5.91 Å². The molecule has 0 aliphatic carbocycles. The van der Waals surface area contributed by atoms with Crippen molar-refractivity contribution in [3.8, 4) is 11.5 Å². The molecule has 1 atom stereocenters. The molecule has 0 spiro atoms. The molecule has 10 nitrogen and oxygen atoms in total. The lowest BCUT2D eigenvalue weighted by atomic mass is 10.0. The summed E-state index contributed by atoms with van der Waals surface area (Å²) in [6.45, 7) is 1.94. The molecule has 5 rings (SSSR count). The molecular weight excluding hydrogens is 470 g/mol. The molecule has 1 amide bonds. The van der Waals surface area contributed by atoms with Crippen molar-refractivity contribution in [1.82, 2.24) is 25.1 Å². The van der Waals surface area contributed by atoms with Gasteiger partial charge in [0, 0.05) is 30.6 Å². The summed E-state index contributed by atoms with van der Waals surface area (Å²) < 4.78 is 12.6. The van der Waals surface area contributed by atoms with Crippen LogP contribution in [0.25, 0.3) is 0 Å². The minimum absolute atomic E-state index is 0.117. The number of benzene rings is 2. The lowest BCUT2D eigenvalue weighted by molar-refractivity contribution is 0.0915. The Kier molecular flexibility index (Phi) is 5.87. The number of aromatic nitrogens is 4. The van der Waals surface area contributed by atoms with Crippen LogP contribution in [0.2, 0.25) is 5.02 Å². The predicted octanol–water partition coefficient (Wildman–Crippen LogP) is 4.05. The number of nitrogens with one attached hydrogen (secondary N) is 3. The molecule has 0 saturated carbocycles. The van der Waals surface area contributed by atoms with Crippen molar-refractivity contribution in [3.05, 3.63) is 83.3 Å². The third-order valence-electron chi connectivity index (χ3n) is 5.44. The fraction of sp³-hybridized carbons (Fsp3) is 0.167. The number of aryl methyl sites for hydroxylation is 1. The zero-order chi connectivity index (χ0) is 24.4. The van der Waals surface area contributed by atoms with Gasteiger partial charge in [0.15, 0.2) is 11.5 Å². The first-order chi connectivity index (χ1) is 16.9. The molecular formula is C24H22ClN7O3. The molecule has 2 aromatic heterocycles. The van der Waals surface area contributed by atoms with Crippen LogP contribution in [0.1, 0.15) is 22.8 Å². The number of ether oxygens (including phenoxy) is 2. The lowest BCUT2D eigenvalue weighted by Gasteiger charge is -2.31. The third kappa shape index (κ3) is 4.69. The fourth-order valence-electron chi connectivity index (χ4n) is 3.65. The van der Waals surface area contributed by atoms with Gasteiger partial charge in [-0.2, -0.15) is 10.1 Å². The number of carbonyl (C=O) groups excluding carboxylic acids is 1. The van der Waals surface area contributed by atoms with Gasteiger partial charge in [0.1, 0.15) is 17.2 Å². The summed E-state index contributed by atoms with van der Waals surface area (Å²) in [5, 5.41) is 14.2. The topological polar surface area (TPSA) is 115 Å². The highest BCUT2D eigenvalue weighted by Gasteiger charge is 2.31. The monoisotopic (exact) mass is 491 g/mol. The minimum Gasteiger partial charge on any atom is -0.454 e. The average Bonchev–Trinajstić information content (AvgIpc) is 3.51. The first kappa shape index (κ1) is 22.5. The van der Waals surface area contributed by atoms with Crippen molar-refractivity contribution in [2.24, 2.45) is 7.05 Å². The van der Waals surface area contributed by atoms with Gasteiger partial charge >= 0.3 is 0 Å². The average molecular weight is 492 g/mol. The summed E-state index contributed by atoms with van der Waals surface area (Å²) in [5.41, 5.74) is 0.720. The van der Waals surface area contributed by atoms with Crippen LogP contribution in [0, 0.1) is 0 Å². The van der Waals surface area contributed by atoms with E-state index in [1.807, 2.05) is 31.3 Å². The number of rotatable bonds is 7. The van der Waals surface area contributed by atoms with Crippen molar-refractivity contribution in [1.29, 1.82) is 0 Å². The van der Waals surface area contributed by atoms with Gasteiger partial charge in [-0.15, -0.1) is 0 Å². The highest BCUT2D eigenvalue weighted by Crippen LogP contribution is 2.44. The van der Waals surface area contributed by atoms with Crippen LogP contribution >= 0.6 is 11.6 Å². The number of hydrogen-bond donors (Lipinski definition) is 3. The van der Waals surface area contributed by atoms with Gasteiger partial charge in [-0.3, -0.25) is 9.48 Å². The molecule has 11 heteroatoms. The van der Waals surface area contributed by atoms with Gasteiger partial charge in [-0.1, -0.05) is 29.8 Å². The maximum absolute atomic E-state index is 13.0. The number of fused-ring (bicyclic) bond motifs is 1. The predicted molar refractivity (Wildman–Crippen MR) is 131 cm³/mol. The molecule has 0 radical (unpaired) electrons. The second-order valence-electron chi connectivity index (χ2n) is 8.02. The molecule has 178 valence electrons. The number of carbonyl (C=O) groups is 1. The van der Waals surface area contributed by atoms with Crippen molar-refractivity contribution < 1.29 is 14.3 Å². The molecule has 3 N–H and O–H groups in total. The Bertz CT molecular complexity index is 1380. The zero-order valence-electron chi connectivity index (χ0n) is 18.9. The Hall–Kier alpha value is -4.31. The van der Waals surface area contributed by atoms with Crippen LogP contribution in [0.5, 0.6) is 11.5 Å². The minimum atomic E-state index is -1.07. The summed E-state index contributed by atoms with van der Waals surface area (Å²) in [4.78, 5) is 21.9. The van der Waals surface area contributed by atoms with Crippen molar-refractivity contribution in [3.63, 3.8) is 0 Å². The van der Waals surface area contributed by atoms with Crippen molar-refractivity contribution in [2.75, 3.05) is 17.4 Å². The zero-order valence-corrected chi connectivity index (χ0v) is 19.7. The van der Waals surface area contributed by atoms with E-state index in [1.165, 1.54) is 0 Å². The van der Waals surface area contributed by atoms with Crippen molar-refractivity contribution in [2.45, 2.75) is 12.6 Å². The Morgan fingerprint density at radius 2 is 1.97 bits per heavy atom. The molecule has 1 aliphatic rings. The first-order valence-electron chi connectivity index (χ1n) is 10.7. The number of halogens is 1. The smallest absolute Gasteiger partial charge is 0.253 e. The first-order valence-corrected chi connectivity index (χ1v) is 11.1. The number of hydrogen-bond acceptors (Lipinski definition) is 8. The van der Waals surface area contributed by atoms with E-state index < -0.39 is 5.66 Å². The molecule has 2 aromatic carbocycles. The molecule has 0 saturated heterocycles. The number of amides is 1. The summed E-state index contributed by atoms with van der Waals surface area (Å²) >= 11 is 6.39. The van der Waals surface area contributed by atoms with E-state index in [1.54, 1.807) is 54.5 Å². The normalized spacial score (nSPS) is 13.7. The van der Waals surface area contributed by atoms with E-state index in [-0.39, 0.29) is 18.6 Å². The van der Waals surface area contributed by atoms with Crippen LogP contribution in [-0.2, 0) is 12.7 Å². The summed E-state index contributed by atoms with van der Waals surface area (Å²) in [6, 6.07) is 14.1. The second-order valence-corrected chi connectivity index (χ2v) is 8.43. The summed E-state index contributed by atoms with van der Waals surface area (Å²) in [7, 11) is 1.80. The van der Waals surface area contributed by atoms with Crippen LogP contribution in [0.4, 0.5) is 17.5 Å². The summed E-state index contributed by atoms with van der Waals surface area (Å²) in [6.07, 6.45) is 5.07. The molecule has 0 bridgehead atoms. The van der Waals surface area contributed by atoms with E-state index in [0.717, 1.165) is 5.56 Å². The van der Waals surface area contributed by atoms with Crippen LogP contribution in [-0.4, -0.2) is 32.4 Å². The second kappa shape index (κ2) is 9.15. The fourth-order valence-corrected chi connectivity index (χ4v) is 3.84. The Balaban J connectivity index is 1.43. The van der Waals surface area contributed by atoms with Crippen molar-refractivity contribution >= 4 is 35.0 Å². The Labute approximate surface area is 206 Å². The molecule has 3 heterocycles. The van der Waals surface area contributed by atoms with E-state index >= 15 is 0 Å².